The first-order chi connectivity index (χ1) is 6.31. The fraction of sp³-hybridized carbons (Fsp3) is 0.909. The van der Waals surface area contributed by atoms with Gasteiger partial charge in [0, 0.05) is 6.92 Å². The SMILES string of the molecule is CC(=O)OC(C)CCCCC(C)(C)O. The van der Waals surface area contributed by atoms with Crippen molar-refractivity contribution in [2.45, 2.75) is 65.1 Å². The fourth-order valence-electron chi connectivity index (χ4n) is 1.33. The van der Waals surface area contributed by atoms with Crippen LogP contribution in [0, 0.1) is 0 Å². The van der Waals surface area contributed by atoms with Crippen molar-refractivity contribution in [2.24, 2.45) is 0 Å². The molecule has 0 fully saturated rings. The average Bonchev–Trinajstić information content (AvgIpc) is 1.95. The molecule has 1 atom stereocenters. The lowest BCUT2D eigenvalue weighted by Crippen LogP contribution is -2.18. The number of carbonyl (C=O) groups excluding carboxylic acids is 1. The first-order valence-corrected chi connectivity index (χ1v) is 5.21. The van der Waals surface area contributed by atoms with E-state index in [0.717, 1.165) is 25.7 Å². The van der Waals surface area contributed by atoms with Crippen LogP contribution >= 0.6 is 0 Å². The third-order valence-electron chi connectivity index (χ3n) is 2.02. The van der Waals surface area contributed by atoms with Gasteiger partial charge >= 0.3 is 5.97 Å². The predicted molar refractivity (Wildman–Crippen MR) is 56.0 cm³/mol. The number of hydrogen-bond donors (Lipinski definition) is 1. The summed E-state index contributed by atoms with van der Waals surface area (Å²) < 4.78 is 4.98. The number of unbranched alkanes of at least 4 members (excludes halogenated alkanes) is 1. The van der Waals surface area contributed by atoms with Gasteiger partial charge in [0.2, 0.25) is 0 Å². The van der Waals surface area contributed by atoms with Gasteiger partial charge in [-0.05, 0) is 40.0 Å². The van der Waals surface area contributed by atoms with Gasteiger partial charge in [-0.1, -0.05) is 6.42 Å². The van der Waals surface area contributed by atoms with Crippen LogP contribution in [0.4, 0.5) is 0 Å². The Morgan fingerprint density at radius 1 is 1.43 bits per heavy atom. The second-order valence-corrected chi connectivity index (χ2v) is 4.48. The summed E-state index contributed by atoms with van der Waals surface area (Å²) in [5.74, 6) is -0.222. The molecule has 84 valence electrons. The molecule has 0 bridgehead atoms. The van der Waals surface area contributed by atoms with Crippen molar-refractivity contribution >= 4 is 5.97 Å². The summed E-state index contributed by atoms with van der Waals surface area (Å²) in [4.78, 5) is 10.6. The zero-order valence-electron chi connectivity index (χ0n) is 9.67. The van der Waals surface area contributed by atoms with Crippen molar-refractivity contribution in [1.29, 1.82) is 0 Å². The molecular formula is C11H22O3. The summed E-state index contributed by atoms with van der Waals surface area (Å²) in [6.07, 6.45) is 3.61. The topological polar surface area (TPSA) is 46.5 Å². The standard InChI is InChI=1S/C11H22O3/c1-9(14-10(2)12)7-5-6-8-11(3,4)13/h9,13H,5-8H2,1-4H3. The van der Waals surface area contributed by atoms with Gasteiger partial charge in [-0.3, -0.25) is 4.79 Å². The lowest BCUT2D eigenvalue weighted by molar-refractivity contribution is -0.145. The quantitative estimate of drug-likeness (QED) is 0.531. The van der Waals surface area contributed by atoms with E-state index in [1.165, 1.54) is 6.92 Å². The maximum absolute atomic E-state index is 10.6. The maximum Gasteiger partial charge on any atom is 0.302 e. The minimum absolute atomic E-state index is 0.00527. The Hall–Kier alpha value is -0.570. The lowest BCUT2D eigenvalue weighted by Gasteiger charge is -2.17. The van der Waals surface area contributed by atoms with Crippen molar-refractivity contribution in [2.75, 3.05) is 0 Å². The van der Waals surface area contributed by atoms with Gasteiger partial charge < -0.3 is 9.84 Å². The van der Waals surface area contributed by atoms with Gasteiger partial charge in [-0.25, -0.2) is 0 Å². The Balaban J connectivity index is 3.41. The van der Waals surface area contributed by atoms with E-state index in [1.807, 2.05) is 20.8 Å². The fourth-order valence-corrected chi connectivity index (χ4v) is 1.33. The van der Waals surface area contributed by atoms with E-state index in [0.29, 0.717) is 0 Å². The highest BCUT2D eigenvalue weighted by Crippen LogP contribution is 2.14. The van der Waals surface area contributed by atoms with Gasteiger partial charge in [-0.2, -0.15) is 0 Å². The third kappa shape index (κ3) is 9.52. The smallest absolute Gasteiger partial charge is 0.302 e. The van der Waals surface area contributed by atoms with E-state index in [-0.39, 0.29) is 12.1 Å². The first kappa shape index (κ1) is 13.4. The summed E-state index contributed by atoms with van der Waals surface area (Å²) in [5.41, 5.74) is -0.579. The molecule has 0 aliphatic heterocycles. The van der Waals surface area contributed by atoms with Crippen molar-refractivity contribution in [3.63, 3.8) is 0 Å². The molecule has 14 heavy (non-hydrogen) atoms. The van der Waals surface area contributed by atoms with Gasteiger partial charge in [0.15, 0.2) is 0 Å². The minimum Gasteiger partial charge on any atom is -0.463 e. The molecular weight excluding hydrogens is 180 g/mol. The molecule has 0 radical (unpaired) electrons. The Labute approximate surface area is 86.5 Å². The summed E-state index contributed by atoms with van der Waals surface area (Å²) in [6, 6.07) is 0. The molecule has 0 heterocycles. The summed E-state index contributed by atoms with van der Waals surface area (Å²) in [6.45, 7) is 6.93. The molecule has 0 aromatic rings. The molecule has 0 aromatic carbocycles. The predicted octanol–water partition coefficient (Wildman–Crippen LogP) is 2.27. The number of aliphatic hydroxyl groups is 1. The highest BCUT2D eigenvalue weighted by molar-refractivity contribution is 5.66. The molecule has 3 nitrogen and oxygen atoms in total. The van der Waals surface area contributed by atoms with Gasteiger partial charge in [-0.15, -0.1) is 0 Å². The molecule has 0 saturated carbocycles. The van der Waals surface area contributed by atoms with E-state index in [1.54, 1.807) is 0 Å². The number of carbonyl (C=O) groups is 1. The Bertz CT molecular complexity index is 170. The van der Waals surface area contributed by atoms with Crippen molar-refractivity contribution in [3.8, 4) is 0 Å². The van der Waals surface area contributed by atoms with Crippen LogP contribution < -0.4 is 0 Å². The lowest BCUT2D eigenvalue weighted by atomic mass is 10.00. The summed E-state index contributed by atoms with van der Waals surface area (Å²) in [5, 5.41) is 9.44. The Morgan fingerprint density at radius 3 is 2.43 bits per heavy atom. The van der Waals surface area contributed by atoms with Crippen molar-refractivity contribution in [3.05, 3.63) is 0 Å². The molecule has 0 spiro atoms. The minimum atomic E-state index is -0.579. The van der Waals surface area contributed by atoms with E-state index in [4.69, 9.17) is 4.74 Å². The van der Waals surface area contributed by atoms with E-state index >= 15 is 0 Å². The second kappa shape index (κ2) is 6.02. The van der Waals surface area contributed by atoms with Crippen molar-refractivity contribution < 1.29 is 14.6 Å². The molecule has 0 aliphatic rings. The van der Waals surface area contributed by atoms with E-state index in [2.05, 4.69) is 0 Å². The molecule has 1 unspecified atom stereocenters. The monoisotopic (exact) mass is 202 g/mol. The molecule has 0 rings (SSSR count). The van der Waals surface area contributed by atoms with Crippen LogP contribution in [-0.4, -0.2) is 22.8 Å². The molecule has 0 amide bonds. The third-order valence-corrected chi connectivity index (χ3v) is 2.02. The van der Waals surface area contributed by atoms with Gasteiger partial charge in [0.05, 0.1) is 11.7 Å². The molecule has 3 heteroatoms. The van der Waals surface area contributed by atoms with Crippen LogP contribution in [0.5, 0.6) is 0 Å². The van der Waals surface area contributed by atoms with Gasteiger partial charge in [0.1, 0.15) is 0 Å². The van der Waals surface area contributed by atoms with Crippen LogP contribution in [0.2, 0.25) is 0 Å². The highest BCUT2D eigenvalue weighted by Gasteiger charge is 2.12. The maximum atomic E-state index is 10.6. The van der Waals surface area contributed by atoms with Crippen molar-refractivity contribution in [1.82, 2.24) is 0 Å². The van der Waals surface area contributed by atoms with E-state index in [9.17, 15) is 9.90 Å². The Morgan fingerprint density at radius 2 is 2.00 bits per heavy atom. The number of rotatable bonds is 6. The second-order valence-electron chi connectivity index (χ2n) is 4.48. The molecule has 0 saturated heterocycles. The Kier molecular flexibility index (Phi) is 5.77. The zero-order valence-corrected chi connectivity index (χ0v) is 9.67. The molecule has 0 aliphatic carbocycles. The van der Waals surface area contributed by atoms with E-state index < -0.39 is 5.60 Å². The number of ether oxygens (including phenoxy) is 1. The average molecular weight is 202 g/mol. The van der Waals surface area contributed by atoms with Gasteiger partial charge in [0.25, 0.3) is 0 Å². The number of esters is 1. The first-order valence-electron chi connectivity index (χ1n) is 5.21. The normalized spacial score (nSPS) is 13.8. The van der Waals surface area contributed by atoms with Crippen LogP contribution in [0.1, 0.15) is 53.4 Å². The number of hydrogen-bond acceptors (Lipinski definition) is 3. The largest absolute Gasteiger partial charge is 0.463 e. The molecule has 0 aromatic heterocycles. The molecule has 1 N–H and O–H groups in total. The highest BCUT2D eigenvalue weighted by atomic mass is 16.5. The van der Waals surface area contributed by atoms with Crippen LogP contribution in [-0.2, 0) is 9.53 Å². The van der Waals surface area contributed by atoms with Crippen LogP contribution in [0.15, 0.2) is 0 Å². The van der Waals surface area contributed by atoms with Crippen LogP contribution in [0.3, 0.4) is 0 Å². The summed E-state index contributed by atoms with van der Waals surface area (Å²) >= 11 is 0. The van der Waals surface area contributed by atoms with Crippen LogP contribution in [0.25, 0.3) is 0 Å². The summed E-state index contributed by atoms with van der Waals surface area (Å²) in [7, 11) is 0. The zero-order chi connectivity index (χ0) is 11.2.